The van der Waals surface area contributed by atoms with Gasteiger partial charge in [0.05, 0.1) is 15.5 Å². The molecule has 0 aromatic heterocycles. The van der Waals surface area contributed by atoms with Gasteiger partial charge >= 0.3 is 0 Å². The van der Waals surface area contributed by atoms with Crippen LogP contribution >= 0.6 is 15.9 Å². The molecule has 1 heterocycles. The molecule has 0 atom stereocenters. The average Bonchev–Trinajstić information content (AvgIpc) is 2.36. The number of hydrogen-bond acceptors (Lipinski definition) is 4. The molecule has 1 N–H and O–H groups in total. The molecule has 1 saturated heterocycles. The predicted molar refractivity (Wildman–Crippen MR) is 75.3 cm³/mol. The standard InChI is InChI=1S/C11H12BrFN2O3S/c12-8-5-10(11(15(16)17)6-9(8)13)14-7-1-3-19(18)4-2-7/h5-7,14H,1-4H2. The highest BCUT2D eigenvalue weighted by molar-refractivity contribution is 9.10. The summed E-state index contributed by atoms with van der Waals surface area (Å²) in [7, 11) is -0.784. The molecule has 1 aromatic rings. The Morgan fingerprint density at radius 1 is 1.42 bits per heavy atom. The van der Waals surface area contributed by atoms with Crippen molar-refractivity contribution in [3.8, 4) is 0 Å². The molecule has 1 aliphatic heterocycles. The number of nitrogens with zero attached hydrogens (tertiary/aromatic N) is 1. The second-order valence-electron chi connectivity index (χ2n) is 4.31. The van der Waals surface area contributed by atoms with Crippen molar-refractivity contribution < 1.29 is 13.5 Å². The van der Waals surface area contributed by atoms with Crippen LogP contribution in [0.1, 0.15) is 12.8 Å². The predicted octanol–water partition coefficient (Wildman–Crippen LogP) is 2.82. The number of benzene rings is 1. The maximum atomic E-state index is 13.3. The molecule has 0 spiro atoms. The fourth-order valence-electron chi connectivity index (χ4n) is 1.96. The Balaban J connectivity index is 2.21. The Hall–Kier alpha value is -1.02. The number of rotatable bonds is 3. The molecule has 1 aliphatic rings. The first-order valence-electron chi connectivity index (χ1n) is 5.72. The second-order valence-corrected chi connectivity index (χ2v) is 6.86. The molecule has 0 radical (unpaired) electrons. The maximum Gasteiger partial charge on any atom is 0.295 e. The Labute approximate surface area is 120 Å². The second kappa shape index (κ2) is 5.96. The van der Waals surface area contributed by atoms with Crippen LogP contribution in [-0.4, -0.2) is 26.7 Å². The van der Waals surface area contributed by atoms with E-state index in [1.807, 2.05) is 0 Å². The van der Waals surface area contributed by atoms with E-state index in [4.69, 9.17) is 0 Å². The zero-order chi connectivity index (χ0) is 14.0. The van der Waals surface area contributed by atoms with E-state index in [2.05, 4.69) is 21.2 Å². The van der Waals surface area contributed by atoms with E-state index in [1.165, 1.54) is 6.07 Å². The van der Waals surface area contributed by atoms with Crippen molar-refractivity contribution >= 4 is 38.1 Å². The number of nitrogens with one attached hydrogen (secondary N) is 1. The summed E-state index contributed by atoms with van der Waals surface area (Å²) in [6.45, 7) is 0. The number of hydrogen-bond donors (Lipinski definition) is 1. The molecule has 0 bridgehead atoms. The van der Waals surface area contributed by atoms with Gasteiger partial charge in [-0.05, 0) is 34.8 Å². The Kier molecular flexibility index (Phi) is 4.51. The third-order valence-corrected chi connectivity index (χ3v) is 4.97. The van der Waals surface area contributed by atoms with Crippen molar-refractivity contribution in [3.05, 3.63) is 32.5 Å². The minimum absolute atomic E-state index is 0.0359. The average molecular weight is 351 g/mol. The summed E-state index contributed by atoms with van der Waals surface area (Å²) in [4.78, 5) is 10.3. The van der Waals surface area contributed by atoms with E-state index < -0.39 is 21.5 Å². The Bertz CT molecular complexity index is 531. The van der Waals surface area contributed by atoms with Crippen molar-refractivity contribution in [3.63, 3.8) is 0 Å². The molecule has 2 rings (SSSR count). The van der Waals surface area contributed by atoms with Crippen molar-refractivity contribution in [2.75, 3.05) is 16.8 Å². The molecule has 1 fully saturated rings. The molecule has 0 aliphatic carbocycles. The molecule has 5 nitrogen and oxygen atoms in total. The Morgan fingerprint density at radius 2 is 2.05 bits per heavy atom. The zero-order valence-electron chi connectivity index (χ0n) is 9.90. The SMILES string of the molecule is O=[N+]([O-])c1cc(F)c(Br)cc1NC1CCS(=O)CC1. The summed E-state index contributed by atoms with van der Waals surface area (Å²) in [6, 6.07) is 2.31. The monoisotopic (exact) mass is 350 g/mol. The summed E-state index contributed by atoms with van der Waals surface area (Å²) in [5, 5.41) is 14.0. The first-order valence-corrected chi connectivity index (χ1v) is 8.00. The zero-order valence-corrected chi connectivity index (χ0v) is 12.3. The normalized spacial score (nSPS) is 23.1. The first kappa shape index (κ1) is 14.4. The summed E-state index contributed by atoms with van der Waals surface area (Å²) >= 11 is 3.02. The molecular weight excluding hydrogens is 339 g/mol. The van der Waals surface area contributed by atoms with Gasteiger partial charge in [0.15, 0.2) is 0 Å². The molecule has 1 aromatic carbocycles. The highest BCUT2D eigenvalue weighted by atomic mass is 79.9. The van der Waals surface area contributed by atoms with E-state index in [0.717, 1.165) is 6.07 Å². The van der Waals surface area contributed by atoms with Gasteiger partial charge in [-0.1, -0.05) is 0 Å². The van der Waals surface area contributed by atoms with Crippen molar-refractivity contribution in [1.82, 2.24) is 0 Å². The highest BCUT2D eigenvalue weighted by Crippen LogP contribution is 2.32. The first-order chi connectivity index (χ1) is 8.97. The number of nitro groups is 1. The quantitative estimate of drug-likeness (QED) is 0.671. The van der Waals surface area contributed by atoms with E-state index in [1.54, 1.807) is 0 Å². The van der Waals surface area contributed by atoms with Crippen LogP contribution in [0.2, 0.25) is 0 Å². The molecule has 104 valence electrons. The molecule has 0 amide bonds. The third-order valence-electron chi connectivity index (χ3n) is 2.98. The third kappa shape index (κ3) is 3.50. The highest BCUT2D eigenvalue weighted by Gasteiger charge is 2.23. The number of nitro benzene ring substituents is 1. The summed E-state index contributed by atoms with van der Waals surface area (Å²) < 4.78 is 24.8. The lowest BCUT2D eigenvalue weighted by Gasteiger charge is -2.23. The van der Waals surface area contributed by atoms with Crippen LogP contribution in [0.15, 0.2) is 16.6 Å². The van der Waals surface area contributed by atoms with Gasteiger partial charge in [0.2, 0.25) is 0 Å². The Morgan fingerprint density at radius 3 is 2.63 bits per heavy atom. The van der Waals surface area contributed by atoms with Gasteiger partial charge in [0, 0.05) is 28.3 Å². The molecule has 0 saturated carbocycles. The minimum atomic E-state index is -0.784. The molecular formula is C11H12BrFN2O3S. The summed E-state index contributed by atoms with van der Waals surface area (Å²) in [5.41, 5.74) is 0.00310. The topological polar surface area (TPSA) is 72.2 Å². The van der Waals surface area contributed by atoms with E-state index in [0.29, 0.717) is 24.3 Å². The summed E-state index contributed by atoms with van der Waals surface area (Å²) in [5.74, 6) is 0.517. The van der Waals surface area contributed by atoms with E-state index in [-0.39, 0.29) is 21.9 Å². The number of anilines is 1. The van der Waals surface area contributed by atoms with Crippen LogP contribution in [0.5, 0.6) is 0 Å². The van der Waals surface area contributed by atoms with Crippen molar-refractivity contribution in [2.24, 2.45) is 0 Å². The van der Waals surface area contributed by atoms with Crippen LogP contribution in [-0.2, 0) is 10.8 Å². The van der Waals surface area contributed by atoms with Gasteiger partial charge in [-0.25, -0.2) is 4.39 Å². The largest absolute Gasteiger partial charge is 0.377 e. The van der Waals surface area contributed by atoms with Crippen LogP contribution in [0.3, 0.4) is 0 Å². The van der Waals surface area contributed by atoms with Gasteiger partial charge in [-0.2, -0.15) is 0 Å². The smallest absolute Gasteiger partial charge is 0.295 e. The van der Waals surface area contributed by atoms with Crippen LogP contribution in [0.4, 0.5) is 15.8 Å². The van der Waals surface area contributed by atoms with E-state index in [9.17, 15) is 18.7 Å². The van der Waals surface area contributed by atoms with Gasteiger partial charge in [0.1, 0.15) is 11.5 Å². The van der Waals surface area contributed by atoms with Gasteiger partial charge in [-0.3, -0.25) is 14.3 Å². The van der Waals surface area contributed by atoms with Gasteiger partial charge < -0.3 is 5.32 Å². The van der Waals surface area contributed by atoms with Crippen molar-refractivity contribution in [2.45, 2.75) is 18.9 Å². The lowest BCUT2D eigenvalue weighted by molar-refractivity contribution is -0.384. The fraction of sp³-hybridized carbons (Fsp3) is 0.455. The fourth-order valence-corrected chi connectivity index (χ4v) is 3.60. The number of halogens is 2. The van der Waals surface area contributed by atoms with Crippen LogP contribution in [0, 0.1) is 15.9 Å². The van der Waals surface area contributed by atoms with Crippen LogP contribution < -0.4 is 5.32 Å². The molecule has 19 heavy (non-hydrogen) atoms. The van der Waals surface area contributed by atoms with Gasteiger partial charge in [-0.15, -0.1) is 0 Å². The lowest BCUT2D eigenvalue weighted by atomic mass is 10.1. The van der Waals surface area contributed by atoms with Crippen molar-refractivity contribution in [1.29, 1.82) is 0 Å². The van der Waals surface area contributed by atoms with E-state index >= 15 is 0 Å². The summed E-state index contributed by atoms with van der Waals surface area (Å²) in [6.07, 6.45) is 1.39. The molecule has 8 heteroatoms. The minimum Gasteiger partial charge on any atom is -0.377 e. The lowest BCUT2D eigenvalue weighted by Crippen LogP contribution is -2.29. The molecule has 0 unspecified atom stereocenters. The van der Waals surface area contributed by atoms with Gasteiger partial charge in [0.25, 0.3) is 5.69 Å². The van der Waals surface area contributed by atoms with Crippen LogP contribution in [0.25, 0.3) is 0 Å². The maximum absolute atomic E-state index is 13.3.